The Kier molecular flexibility index (Phi) is 3.25. The van der Waals surface area contributed by atoms with Crippen LogP contribution in [0.25, 0.3) is 0 Å². The number of nitrogens with one attached hydrogen (secondary N) is 1. The molecule has 7 heteroatoms. The van der Waals surface area contributed by atoms with E-state index in [9.17, 15) is 10.1 Å². The minimum atomic E-state index is -0.388. The maximum atomic E-state index is 11.1. The van der Waals surface area contributed by atoms with Crippen LogP contribution in [0.3, 0.4) is 0 Å². The van der Waals surface area contributed by atoms with Crippen molar-refractivity contribution < 1.29 is 4.92 Å². The van der Waals surface area contributed by atoms with Crippen molar-refractivity contribution in [3.8, 4) is 0 Å². The number of aromatic nitrogens is 2. The minimum absolute atomic E-state index is 0.0553. The average Bonchev–Trinajstić information content (AvgIpc) is 2.60. The van der Waals surface area contributed by atoms with Crippen molar-refractivity contribution in [2.75, 3.05) is 11.9 Å². The van der Waals surface area contributed by atoms with Gasteiger partial charge in [0.25, 0.3) is 0 Å². The molecule has 1 aliphatic rings. The molecule has 1 heterocycles. The number of hydrogen-bond donors (Lipinski definition) is 2. The average molecular weight is 253 g/mol. The Morgan fingerprint density at radius 1 is 1.61 bits per heavy atom. The van der Waals surface area contributed by atoms with Gasteiger partial charge >= 0.3 is 5.69 Å². The van der Waals surface area contributed by atoms with Crippen LogP contribution in [-0.2, 0) is 6.54 Å². The van der Waals surface area contributed by atoms with Crippen molar-refractivity contribution in [2.45, 2.75) is 45.2 Å². The second-order valence-electron chi connectivity index (χ2n) is 4.92. The van der Waals surface area contributed by atoms with E-state index in [1.54, 1.807) is 11.6 Å². The first kappa shape index (κ1) is 12.8. The summed E-state index contributed by atoms with van der Waals surface area (Å²) in [6, 6.07) is 0. The zero-order valence-corrected chi connectivity index (χ0v) is 10.8. The molecule has 1 aromatic heterocycles. The molecule has 3 N–H and O–H groups in total. The van der Waals surface area contributed by atoms with Crippen LogP contribution in [0.15, 0.2) is 0 Å². The van der Waals surface area contributed by atoms with Crippen molar-refractivity contribution >= 4 is 11.5 Å². The normalized spacial score (nSPS) is 17.3. The molecule has 0 bridgehead atoms. The van der Waals surface area contributed by atoms with Gasteiger partial charge in [0.2, 0.25) is 5.82 Å². The second-order valence-corrected chi connectivity index (χ2v) is 4.92. The highest BCUT2D eigenvalue weighted by atomic mass is 16.6. The topological polar surface area (TPSA) is 99.0 Å². The Hall–Kier alpha value is -1.63. The summed E-state index contributed by atoms with van der Waals surface area (Å²) in [4.78, 5) is 10.7. The molecule has 2 rings (SSSR count). The summed E-state index contributed by atoms with van der Waals surface area (Å²) in [5.41, 5.74) is 6.39. The first-order valence-corrected chi connectivity index (χ1v) is 6.21. The molecule has 1 aromatic rings. The Labute approximate surface area is 105 Å². The highest BCUT2D eigenvalue weighted by Crippen LogP contribution is 2.32. The quantitative estimate of drug-likeness (QED) is 0.610. The lowest BCUT2D eigenvalue weighted by Gasteiger charge is -2.38. The molecule has 0 radical (unpaired) electrons. The van der Waals surface area contributed by atoms with Crippen LogP contribution in [0.2, 0.25) is 0 Å². The van der Waals surface area contributed by atoms with Crippen molar-refractivity contribution in [3.63, 3.8) is 0 Å². The van der Waals surface area contributed by atoms with Gasteiger partial charge in [0.05, 0.1) is 4.92 Å². The molecular weight excluding hydrogens is 234 g/mol. The maximum absolute atomic E-state index is 11.1. The van der Waals surface area contributed by atoms with Crippen LogP contribution in [0, 0.1) is 17.0 Å². The molecule has 1 fully saturated rings. The molecule has 0 unspecified atom stereocenters. The number of aryl methyl sites for hydroxylation is 2. The van der Waals surface area contributed by atoms with Crippen molar-refractivity contribution in [1.82, 2.24) is 9.78 Å². The first-order valence-electron chi connectivity index (χ1n) is 6.21. The van der Waals surface area contributed by atoms with E-state index in [0.717, 1.165) is 19.3 Å². The van der Waals surface area contributed by atoms with Gasteiger partial charge in [0.1, 0.15) is 5.69 Å². The number of nitrogens with two attached hydrogens (primary N) is 1. The number of nitro groups is 1. The third-order valence-corrected chi connectivity index (χ3v) is 3.54. The van der Waals surface area contributed by atoms with Gasteiger partial charge < -0.3 is 11.1 Å². The zero-order valence-electron chi connectivity index (χ0n) is 10.8. The predicted molar refractivity (Wildman–Crippen MR) is 68.6 cm³/mol. The fourth-order valence-corrected chi connectivity index (χ4v) is 2.26. The molecular formula is C11H19N5O2. The van der Waals surface area contributed by atoms with Crippen LogP contribution in [0.1, 0.15) is 31.9 Å². The molecule has 100 valence electrons. The van der Waals surface area contributed by atoms with Crippen LogP contribution < -0.4 is 11.1 Å². The van der Waals surface area contributed by atoms with Crippen molar-refractivity contribution in [3.05, 3.63) is 15.8 Å². The molecule has 0 atom stereocenters. The first-order chi connectivity index (χ1) is 8.47. The van der Waals surface area contributed by atoms with Gasteiger partial charge in [-0.15, -0.1) is 0 Å². The highest BCUT2D eigenvalue weighted by molar-refractivity contribution is 5.59. The fourth-order valence-electron chi connectivity index (χ4n) is 2.26. The summed E-state index contributed by atoms with van der Waals surface area (Å²) in [7, 11) is 0. The standard InChI is InChI=1S/C11H19N5O2/c1-3-15-10(9(16(17)18)8(2)14-15)13-7-11(12)5-4-6-11/h13H,3-7,12H2,1-2H3. The van der Waals surface area contributed by atoms with E-state index in [-0.39, 0.29) is 16.1 Å². The van der Waals surface area contributed by atoms with Crippen LogP contribution in [-0.4, -0.2) is 26.8 Å². The molecule has 0 aromatic carbocycles. The van der Waals surface area contributed by atoms with Gasteiger partial charge in [-0.2, -0.15) is 5.10 Å². The molecule has 1 aliphatic carbocycles. The summed E-state index contributed by atoms with van der Waals surface area (Å²) in [5, 5.41) is 18.3. The SMILES string of the molecule is CCn1nc(C)c([N+](=O)[O-])c1NCC1(N)CCC1. The summed E-state index contributed by atoms with van der Waals surface area (Å²) in [5.74, 6) is 0.469. The third kappa shape index (κ3) is 2.17. The van der Waals surface area contributed by atoms with Crippen molar-refractivity contribution in [1.29, 1.82) is 0 Å². The third-order valence-electron chi connectivity index (χ3n) is 3.54. The Bertz CT molecular complexity index is 464. The second kappa shape index (κ2) is 4.56. The minimum Gasteiger partial charge on any atom is -0.363 e. The highest BCUT2D eigenvalue weighted by Gasteiger charge is 2.34. The van der Waals surface area contributed by atoms with Gasteiger partial charge in [0, 0.05) is 18.6 Å². The van der Waals surface area contributed by atoms with Crippen molar-refractivity contribution in [2.24, 2.45) is 5.73 Å². The largest absolute Gasteiger partial charge is 0.363 e. The van der Waals surface area contributed by atoms with Crippen LogP contribution in [0.5, 0.6) is 0 Å². The van der Waals surface area contributed by atoms with Gasteiger partial charge in [-0.3, -0.25) is 10.1 Å². The monoisotopic (exact) mass is 253 g/mol. The van der Waals surface area contributed by atoms with E-state index >= 15 is 0 Å². The predicted octanol–water partition coefficient (Wildman–Crippen LogP) is 1.41. The lowest BCUT2D eigenvalue weighted by molar-refractivity contribution is -0.384. The van der Waals surface area contributed by atoms with Crippen LogP contribution in [0.4, 0.5) is 11.5 Å². The van der Waals surface area contributed by atoms with Gasteiger partial charge in [-0.25, -0.2) is 4.68 Å². The summed E-state index contributed by atoms with van der Waals surface area (Å²) in [6.07, 6.45) is 3.06. The van der Waals surface area contributed by atoms with Gasteiger partial charge in [-0.1, -0.05) is 0 Å². The Morgan fingerprint density at radius 2 is 2.28 bits per heavy atom. The lowest BCUT2D eigenvalue weighted by Crippen LogP contribution is -2.52. The van der Waals surface area contributed by atoms with E-state index in [1.807, 2.05) is 6.92 Å². The number of rotatable bonds is 5. The molecule has 0 aliphatic heterocycles. The Morgan fingerprint density at radius 3 is 2.72 bits per heavy atom. The van der Waals surface area contributed by atoms with Gasteiger partial charge in [-0.05, 0) is 33.1 Å². The van der Waals surface area contributed by atoms with Gasteiger partial charge in [0.15, 0.2) is 0 Å². The molecule has 0 amide bonds. The maximum Gasteiger partial charge on any atom is 0.333 e. The molecule has 0 spiro atoms. The van der Waals surface area contributed by atoms with E-state index in [2.05, 4.69) is 10.4 Å². The molecule has 1 saturated carbocycles. The summed E-state index contributed by atoms with van der Waals surface area (Å²) >= 11 is 0. The number of anilines is 1. The van der Waals surface area contributed by atoms with E-state index in [1.165, 1.54) is 0 Å². The summed E-state index contributed by atoms with van der Waals surface area (Å²) < 4.78 is 1.62. The van der Waals surface area contributed by atoms with E-state index < -0.39 is 0 Å². The Balaban J connectivity index is 2.21. The smallest absolute Gasteiger partial charge is 0.333 e. The van der Waals surface area contributed by atoms with E-state index in [4.69, 9.17) is 5.73 Å². The number of nitrogens with zero attached hydrogens (tertiary/aromatic N) is 3. The molecule has 7 nitrogen and oxygen atoms in total. The van der Waals surface area contributed by atoms with Crippen LogP contribution >= 0.6 is 0 Å². The lowest BCUT2D eigenvalue weighted by atomic mass is 9.78. The van der Waals surface area contributed by atoms with E-state index in [0.29, 0.717) is 24.6 Å². The fraction of sp³-hybridized carbons (Fsp3) is 0.727. The number of hydrogen-bond acceptors (Lipinski definition) is 5. The summed E-state index contributed by atoms with van der Waals surface area (Å²) in [6.45, 7) is 4.70. The molecule has 18 heavy (non-hydrogen) atoms. The zero-order chi connectivity index (χ0) is 13.3. The molecule has 0 saturated heterocycles.